The van der Waals surface area contributed by atoms with E-state index in [1.807, 2.05) is 13.1 Å². The first kappa shape index (κ1) is 16.8. The summed E-state index contributed by atoms with van der Waals surface area (Å²) >= 11 is 6.48. The Bertz CT molecular complexity index is 489. The number of hydrogen-bond donors (Lipinski definition) is 3. The van der Waals surface area contributed by atoms with Gasteiger partial charge in [-0.2, -0.15) is 0 Å². The number of nitrogens with one attached hydrogen (secondary N) is 2. The molecule has 1 aromatic rings. The topological polar surface area (TPSA) is 50.1 Å². The Hall–Kier alpha value is -0.610. The molecule has 1 saturated heterocycles. The van der Waals surface area contributed by atoms with Gasteiger partial charge in [0.1, 0.15) is 0 Å². The lowest BCUT2D eigenvalue weighted by molar-refractivity contribution is 0.110. The molecule has 0 amide bonds. The van der Waals surface area contributed by atoms with E-state index in [0.717, 1.165) is 30.0 Å². The maximum atomic E-state index is 6.65. The van der Waals surface area contributed by atoms with Gasteiger partial charge in [0.15, 0.2) is 0 Å². The minimum atomic E-state index is -0.523. The summed E-state index contributed by atoms with van der Waals surface area (Å²) in [6, 6.07) is 6.72. The van der Waals surface area contributed by atoms with Crippen LogP contribution in [0.25, 0.3) is 0 Å². The van der Waals surface area contributed by atoms with Gasteiger partial charge in [-0.1, -0.05) is 37.6 Å². The molecule has 4 N–H and O–H groups in total. The van der Waals surface area contributed by atoms with E-state index < -0.39 is 5.66 Å². The summed E-state index contributed by atoms with van der Waals surface area (Å²) in [5.74, 6) is 1.06. The van der Waals surface area contributed by atoms with E-state index in [1.165, 1.54) is 5.56 Å². The van der Waals surface area contributed by atoms with Gasteiger partial charge in [0.2, 0.25) is 0 Å². The highest BCUT2D eigenvalue weighted by Gasteiger charge is 2.43. The average Bonchev–Trinajstić information content (AvgIpc) is 2.43. The molecule has 1 fully saturated rings. The Morgan fingerprint density at radius 3 is 2.62 bits per heavy atom. The predicted molar refractivity (Wildman–Crippen MR) is 90.5 cm³/mol. The summed E-state index contributed by atoms with van der Waals surface area (Å²) in [6.07, 6.45) is 2.18. The van der Waals surface area contributed by atoms with Crippen molar-refractivity contribution >= 4 is 11.6 Å². The normalized spacial score (nSPS) is 24.7. The van der Waals surface area contributed by atoms with Crippen molar-refractivity contribution in [2.45, 2.75) is 45.3 Å². The van der Waals surface area contributed by atoms with Crippen molar-refractivity contribution in [3.63, 3.8) is 0 Å². The Kier molecular flexibility index (Phi) is 5.31. The second kappa shape index (κ2) is 6.66. The fourth-order valence-electron chi connectivity index (χ4n) is 3.02. The third-order valence-electron chi connectivity index (χ3n) is 4.78. The summed E-state index contributed by atoms with van der Waals surface area (Å²) in [4.78, 5) is 0. The summed E-state index contributed by atoms with van der Waals surface area (Å²) in [7, 11) is 1.92. The first-order chi connectivity index (χ1) is 9.88. The first-order valence-electron chi connectivity index (χ1n) is 7.88. The Morgan fingerprint density at radius 1 is 1.48 bits per heavy atom. The monoisotopic (exact) mass is 309 g/mol. The standard InChI is InChI=1S/C17H28ClN3/c1-11(2)5-6-13-7-8-14(9-16(13)18)17(19,20-4)15-10-21-12(15)3/h7-9,11-12,15,20-21H,5-6,10,19H2,1-4H3/t12?,15?,17-/m1/s1. The zero-order chi connectivity index (χ0) is 15.6. The third kappa shape index (κ3) is 3.42. The molecular formula is C17H28ClN3. The van der Waals surface area contributed by atoms with Crippen molar-refractivity contribution in [3.8, 4) is 0 Å². The van der Waals surface area contributed by atoms with Gasteiger partial charge in [-0.05, 0) is 49.9 Å². The Balaban J connectivity index is 2.21. The number of benzene rings is 1. The second-order valence-electron chi connectivity index (χ2n) is 6.66. The lowest BCUT2D eigenvalue weighted by Crippen LogP contribution is -2.68. The number of aryl methyl sites for hydroxylation is 1. The molecule has 2 rings (SSSR count). The molecule has 0 radical (unpaired) electrons. The largest absolute Gasteiger partial charge is 0.313 e. The van der Waals surface area contributed by atoms with Crippen molar-refractivity contribution in [2.24, 2.45) is 17.6 Å². The molecule has 2 unspecified atom stereocenters. The van der Waals surface area contributed by atoms with Crippen LogP contribution in [0.5, 0.6) is 0 Å². The summed E-state index contributed by atoms with van der Waals surface area (Å²) in [5, 5.41) is 7.51. The van der Waals surface area contributed by atoms with E-state index in [2.05, 4.69) is 43.5 Å². The van der Waals surface area contributed by atoms with Crippen molar-refractivity contribution in [1.82, 2.24) is 10.6 Å². The second-order valence-corrected chi connectivity index (χ2v) is 7.07. The van der Waals surface area contributed by atoms with Gasteiger partial charge in [-0.15, -0.1) is 0 Å². The van der Waals surface area contributed by atoms with E-state index in [1.54, 1.807) is 0 Å². The van der Waals surface area contributed by atoms with Crippen molar-refractivity contribution < 1.29 is 0 Å². The molecule has 0 bridgehead atoms. The van der Waals surface area contributed by atoms with Gasteiger partial charge in [0, 0.05) is 23.5 Å². The van der Waals surface area contributed by atoms with E-state index in [9.17, 15) is 0 Å². The lowest BCUT2D eigenvalue weighted by atomic mass is 9.77. The number of hydrogen-bond acceptors (Lipinski definition) is 3. The lowest BCUT2D eigenvalue weighted by Gasteiger charge is -2.48. The van der Waals surface area contributed by atoms with Crippen LogP contribution in [0.4, 0.5) is 0 Å². The van der Waals surface area contributed by atoms with Gasteiger partial charge < -0.3 is 11.1 Å². The highest BCUT2D eigenvalue weighted by atomic mass is 35.5. The smallest absolute Gasteiger partial charge is 0.0979 e. The zero-order valence-corrected chi connectivity index (χ0v) is 14.3. The van der Waals surface area contributed by atoms with Crippen LogP contribution in [-0.2, 0) is 12.1 Å². The van der Waals surface area contributed by atoms with E-state index in [0.29, 0.717) is 17.9 Å². The zero-order valence-electron chi connectivity index (χ0n) is 13.5. The summed E-state index contributed by atoms with van der Waals surface area (Å²) in [5.41, 5.74) is 8.41. The maximum absolute atomic E-state index is 6.65. The third-order valence-corrected chi connectivity index (χ3v) is 5.14. The van der Waals surface area contributed by atoms with Gasteiger partial charge >= 0.3 is 0 Å². The Labute approximate surface area is 133 Å². The highest BCUT2D eigenvalue weighted by molar-refractivity contribution is 6.31. The summed E-state index contributed by atoms with van der Waals surface area (Å²) in [6.45, 7) is 7.58. The van der Waals surface area contributed by atoms with Crippen LogP contribution in [0.2, 0.25) is 5.02 Å². The molecule has 1 aliphatic rings. The molecule has 0 spiro atoms. The molecule has 1 aromatic carbocycles. The quantitative estimate of drug-likeness (QED) is 0.708. The van der Waals surface area contributed by atoms with Crippen LogP contribution in [0.3, 0.4) is 0 Å². The van der Waals surface area contributed by atoms with Crippen LogP contribution in [-0.4, -0.2) is 19.6 Å². The molecule has 21 heavy (non-hydrogen) atoms. The van der Waals surface area contributed by atoms with E-state index >= 15 is 0 Å². The van der Waals surface area contributed by atoms with Crippen LogP contribution in [0, 0.1) is 11.8 Å². The number of nitrogens with two attached hydrogens (primary N) is 1. The summed E-state index contributed by atoms with van der Waals surface area (Å²) < 4.78 is 0. The minimum absolute atomic E-state index is 0.375. The SMILES string of the molecule is CN[C@](N)(c1ccc(CCC(C)C)c(Cl)c1)C1CNC1C. The van der Waals surface area contributed by atoms with Gasteiger partial charge in [-0.25, -0.2) is 0 Å². The molecular weight excluding hydrogens is 282 g/mol. The number of halogens is 1. The van der Waals surface area contributed by atoms with E-state index in [4.69, 9.17) is 17.3 Å². The molecule has 118 valence electrons. The van der Waals surface area contributed by atoms with Gasteiger partial charge in [0.05, 0.1) is 5.66 Å². The Morgan fingerprint density at radius 2 is 2.19 bits per heavy atom. The van der Waals surface area contributed by atoms with Crippen molar-refractivity contribution in [3.05, 3.63) is 34.3 Å². The molecule has 1 aliphatic heterocycles. The van der Waals surface area contributed by atoms with Crippen LogP contribution in [0.15, 0.2) is 18.2 Å². The molecule has 0 saturated carbocycles. The minimum Gasteiger partial charge on any atom is -0.313 e. The molecule has 1 heterocycles. The van der Waals surface area contributed by atoms with Gasteiger partial charge in [-0.3, -0.25) is 5.32 Å². The molecule has 0 aromatic heterocycles. The van der Waals surface area contributed by atoms with Crippen LogP contribution in [0.1, 0.15) is 38.3 Å². The molecule has 3 nitrogen and oxygen atoms in total. The van der Waals surface area contributed by atoms with Gasteiger partial charge in [0.25, 0.3) is 0 Å². The molecule has 3 atom stereocenters. The first-order valence-corrected chi connectivity index (χ1v) is 8.26. The average molecular weight is 310 g/mol. The fraction of sp³-hybridized carbons (Fsp3) is 0.647. The van der Waals surface area contributed by atoms with Crippen LogP contribution >= 0.6 is 11.6 Å². The van der Waals surface area contributed by atoms with Crippen molar-refractivity contribution in [2.75, 3.05) is 13.6 Å². The highest BCUT2D eigenvalue weighted by Crippen LogP contribution is 2.33. The molecule has 4 heteroatoms. The molecule has 0 aliphatic carbocycles. The predicted octanol–water partition coefficient (Wildman–Crippen LogP) is 2.87. The van der Waals surface area contributed by atoms with Crippen molar-refractivity contribution in [1.29, 1.82) is 0 Å². The number of rotatable bonds is 6. The fourth-order valence-corrected chi connectivity index (χ4v) is 3.30. The van der Waals surface area contributed by atoms with E-state index in [-0.39, 0.29) is 0 Å². The van der Waals surface area contributed by atoms with Crippen LogP contribution < -0.4 is 16.4 Å². The maximum Gasteiger partial charge on any atom is 0.0979 e.